The fourth-order valence-electron chi connectivity index (χ4n) is 2.20. The maximum atomic E-state index is 11.9. The lowest BCUT2D eigenvalue weighted by atomic mass is 9.91. The van der Waals surface area contributed by atoms with Crippen molar-refractivity contribution < 1.29 is 29.6 Å². The number of aliphatic hydroxyl groups is 2. The van der Waals surface area contributed by atoms with E-state index >= 15 is 0 Å². The van der Waals surface area contributed by atoms with E-state index in [2.05, 4.69) is 0 Å². The van der Waals surface area contributed by atoms with Gasteiger partial charge in [0, 0.05) is 6.42 Å². The molecule has 6 heteroatoms. The number of carboxylic acids is 1. The summed E-state index contributed by atoms with van der Waals surface area (Å²) >= 11 is 0. The second-order valence-corrected chi connectivity index (χ2v) is 4.88. The molecular weight excluding hydrogens is 264 g/mol. The zero-order chi connectivity index (χ0) is 14.8. The van der Waals surface area contributed by atoms with Gasteiger partial charge >= 0.3 is 11.9 Å². The Balaban J connectivity index is 2.09. The van der Waals surface area contributed by atoms with Crippen molar-refractivity contribution in [3.63, 3.8) is 0 Å². The van der Waals surface area contributed by atoms with Gasteiger partial charge in [-0.05, 0) is 37.1 Å². The number of hydrogen-bond donors (Lipinski definition) is 3. The summed E-state index contributed by atoms with van der Waals surface area (Å²) in [6.07, 6.45) is 0.903. The van der Waals surface area contributed by atoms with Crippen LogP contribution in [-0.4, -0.2) is 39.1 Å². The fraction of sp³-hybridized carbons (Fsp3) is 0.429. The maximum Gasteiger partial charge on any atom is 0.340 e. The number of aliphatic hydroxyl groups excluding tert-OH is 1. The number of carbonyl (C=O) groups excluding carboxylic acids is 1. The Labute approximate surface area is 115 Å². The average Bonchev–Trinajstić information content (AvgIpc) is 2.42. The molecule has 2 rings (SSSR count). The van der Waals surface area contributed by atoms with E-state index in [9.17, 15) is 19.8 Å². The molecule has 0 radical (unpaired) electrons. The molecule has 20 heavy (non-hydrogen) atoms. The van der Waals surface area contributed by atoms with Gasteiger partial charge in [0.25, 0.3) is 0 Å². The van der Waals surface area contributed by atoms with Gasteiger partial charge in [0.1, 0.15) is 6.10 Å². The molecule has 1 aromatic carbocycles. The van der Waals surface area contributed by atoms with E-state index in [-0.39, 0.29) is 17.5 Å². The highest BCUT2D eigenvalue weighted by Crippen LogP contribution is 2.30. The van der Waals surface area contributed by atoms with Crippen LogP contribution in [0.3, 0.4) is 0 Å². The molecule has 0 aliphatic heterocycles. The summed E-state index contributed by atoms with van der Waals surface area (Å²) in [5, 5.41) is 28.6. The summed E-state index contributed by atoms with van der Waals surface area (Å²) in [5.74, 6) is -3.74. The zero-order valence-corrected chi connectivity index (χ0v) is 10.8. The molecule has 0 heterocycles. The van der Waals surface area contributed by atoms with Gasteiger partial charge in [-0.15, -0.1) is 0 Å². The number of carboxylic acid groups (broad SMARTS) is 1. The molecule has 2 unspecified atom stereocenters. The predicted octanol–water partition coefficient (Wildman–Crippen LogP) is 1.17. The number of rotatable bonds is 3. The Morgan fingerprint density at radius 2 is 1.75 bits per heavy atom. The van der Waals surface area contributed by atoms with E-state index in [0.717, 1.165) is 6.42 Å². The van der Waals surface area contributed by atoms with E-state index in [1.807, 2.05) is 0 Å². The quantitative estimate of drug-likeness (QED) is 0.567. The fourth-order valence-corrected chi connectivity index (χ4v) is 2.20. The van der Waals surface area contributed by atoms with Gasteiger partial charge < -0.3 is 20.1 Å². The van der Waals surface area contributed by atoms with Crippen molar-refractivity contribution in [1.29, 1.82) is 0 Å². The molecule has 2 atom stereocenters. The number of benzene rings is 1. The smallest absolute Gasteiger partial charge is 0.340 e. The molecule has 108 valence electrons. The van der Waals surface area contributed by atoms with Crippen LogP contribution in [0.4, 0.5) is 0 Å². The summed E-state index contributed by atoms with van der Waals surface area (Å²) in [4.78, 5) is 22.6. The van der Waals surface area contributed by atoms with Crippen molar-refractivity contribution in [2.24, 2.45) is 0 Å². The van der Waals surface area contributed by atoms with Crippen molar-refractivity contribution >= 4 is 11.9 Å². The van der Waals surface area contributed by atoms with E-state index in [1.165, 1.54) is 24.3 Å². The standard InChI is InChI=1S/C14H16O6/c15-11-3-1-2-8-14(11,19)20-13(18)10-6-4-9(5-7-10)12(16)17/h4-7,11,15,19H,1-3,8H2,(H,16,17). The third-order valence-corrected chi connectivity index (χ3v) is 3.42. The molecule has 0 aromatic heterocycles. The van der Waals surface area contributed by atoms with Crippen molar-refractivity contribution in [2.75, 3.05) is 0 Å². The number of esters is 1. The second kappa shape index (κ2) is 5.60. The molecule has 0 spiro atoms. The lowest BCUT2D eigenvalue weighted by Crippen LogP contribution is -2.48. The molecule has 0 saturated heterocycles. The van der Waals surface area contributed by atoms with Crippen LogP contribution in [0.2, 0.25) is 0 Å². The van der Waals surface area contributed by atoms with E-state index in [0.29, 0.717) is 12.8 Å². The molecular formula is C14H16O6. The first kappa shape index (κ1) is 14.5. The normalized spacial score (nSPS) is 26.0. The third kappa shape index (κ3) is 2.97. The second-order valence-electron chi connectivity index (χ2n) is 4.88. The van der Waals surface area contributed by atoms with Crippen LogP contribution in [0.25, 0.3) is 0 Å². The molecule has 3 N–H and O–H groups in total. The molecule has 1 fully saturated rings. The molecule has 6 nitrogen and oxygen atoms in total. The Morgan fingerprint density at radius 3 is 2.30 bits per heavy atom. The summed E-state index contributed by atoms with van der Waals surface area (Å²) in [5.41, 5.74) is 0.180. The number of hydrogen-bond acceptors (Lipinski definition) is 5. The molecule has 1 aromatic rings. The van der Waals surface area contributed by atoms with Gasteiger partial charge in [0.05, 0.1) is 11.1 Å². The minimum atomic E-state index is -1.86. The highest BCUT2D eigenvalue weighted by atomic mass is 16.7. The summed E-state index contributed by atoms with van der Waals surface area (Å²) in [6, 6.07) is 5.18. The van der Waals surface area contributed by atoms with E-state index in [1.54, 1.807) is 0 Å². The maximum absolute atomic E-state index is 11.9. The van der Waals surface area contributed by atoms with Crippen LogP contribution < -0.4 is 0 Å². The Kier molecular flexibility index (Phi) is 4.06. The van der Waals surface area contributed by atoms with Crippen molar-refractivity contribution in [2.45, 2.75) is 37.6 Å². The van der Waals surface area contributed by atoms with Gasteiger partial charge in [-0.3, -0.25) is 0 Å². The first-order chi connectivity index (χ1) is 9.42. The lowest BCUT2D eigenvalue weighted by molar-refractivity contribution is -0.239. The van der Waals surface area contributed by atoms with Crippen molar-refractivity contribution in [3.05, 3.63) is 35.4 Å². The summed E-state index contributed by atoms with van der Waals surface area (Å²) in [7, 11) is 0. The van der Waals surface area contributed by atoms with Crippen molar-refractivity contribution in [3.8, 4) is 0 Å². The summed E-state index contributed by atoms with van der Waals surface area (Å²) < 4.78 is 5.00. The largest absolute Gasteiger partial charge is 0.478 e. The molecule has 1 aliphatic rings. The van der Waals surface area contributed by atoms with Crippen LogP contribution in [0, 0.1) is 0 Å². The third-order valence-electron chi connectivity index (χ3n) is 3.42. The number of ether oxygens (including phenoxy) is 1. The van der Waals surface area contributed by atoms with Gasteiger partial charge in [0.15, 0.2) is 0 Å². The first-order valence-corrected chi connectivity index (χ1v) is 6.39. The predicted molar refractivity (Wildman–Crippen MR) is 68.2 cm³/mol. The number of carbonyl (C=O) groups is 2. The van der Waals surface area contributed by atoms with Gasteiger partial charge in [0.2, 0.25) is 5.79 Å². The highest BCUT2D eigenvalue weighted by molar-refractivity contribution is 5.92. The van der Waals surface area contributed by atoms with Crippen LogP contribution in [-0.2, 0) is 4.74 Å². The van der Waals surface area contributed by atoms with E-state index < -0.39 is 23.8 Å². The monoisotopic (exact) mass is 280 g/mol. The molecule has 0 bridgehead atoms. The topological polar surface area (TPSA) is 104 Å². The highest BCUT2D eigenvalue weighted by Gasteiger charge is 2.41. The van der Waals surface area contributed by atoms with E-state index in [4.69, 9.17) is 9.84 Å². The minimum Gasteiger partial charge on any atom is -0.478 e. The zero-order valence-electron chi connectivity index (χ0n) is 10.8. The first-order valence-electron chi connectivity index (χ1n) is 6.39. The molecule has 1 saturated carbocycles. The van der Waals surface area contributed by atoms with Gasteiger partial charge in [-0.1, -0.05) is 6.42 Å². The molecule has 1 aliphatic carbocycles. The van der Waals surface area contributed by atoms with Crippen molar-refractivity contribution in [1.82, 2.24) is 0 Å². The molecule has 0 amide bonds. The lowest BCUT2D eigenvalue weighted by Gasteiger charge is -2.35. The van der Waals surface area contributed by atoms with Crippen LogP contribution in [0.5, 0.6) is 0 Å². The Morgan fingerprint density at radius 1 is 1.15 bits per heavy atom. The van der Waals surface area contributed by atoms with Crippen LogP contribution in [0.1, 0.15) is 46.4 Å². The number of aromatic carboxylic acids is 1. The minimum absolute atomic E-state index is 0.0537. The summed E-state index contributed by atoms with van der Waals surface area (Å²) in [6.45, 7) is 0. The van der Waals surface area contributed by atoms with Gasteiger partial charge in [-0.25, -0.2) is 9.59 Å². The Bertz CT molecular complexity index is 509. The van der Waals surface area contributed by atoms with Crippen LogP contribution >= 0.6 is 0 Å². The Hall–Kier alpha value is -1.92. The van der Waals surface area contributed by atoms with Gasteiger partial charge in [-0.2, -0.15) is 0 Å². The average molecular weight is 280 g/mol. The van der Waals surface area contributed by atoms with Crippen LogP contribution in [0.15, 0.2) is 24.3 Å². The SMILES string of the molecule is O=C(O)c1ccc(C(=O)OC2(O)CCCCC2O)cc1.